The third-order valence-corrected chi connectivity index (χ3v) is 10.7. The van der Waals surface area contributed by atoms with Crippen molar-refractivity contribution in [2.75, 3.05) is 0 Å². The molecule has 0 aliphatic carbocycles. The molecule has 0 fully saturated rings. The van der Waals surface area contributed by atoms with Gasteiger partial charge in [0.05, 0.1) is 0 Å². The minimum absolute atomic E-state index is 0. The summed E-state index contributed by atoms with van der Waals surface area (Å²) in [4.78, 5) is 33.7. The predicted molar refractivity (Wildman–Crippen MR) is 176 cm³/mol. The van der Waals surface area contributed by atoms with Gasteiger partial charge in [0.1, 0.15) is 0 Å². The molecule has 3 atom stereocenters. The normalized spacial score (nSPS) is 13.7. The second kappa shape index (κ2) is 26.5. The molecule has 0 N–H and O–H groups in total. The number of carboxylic acids is 3. The summed E-state index contributed by atoms with van der Waals surface area (Å²) >= 11 is 0. The van der Waals surface area contributed by atoms with Gasteiger partial charge in [-0.25, -0.2) is 0 Å². The average molecular weight is 807 g/mol. The summed E-state index contributed by atoms with van der Waals surface area (Å²) in [5.74, 6) is -1.76. The number of rotatable bonds is 21. The fraction of sp³-hybridized carbons (Fsp3) is 0.917. The van der Waals surface area contributed by atoms with E-state index in [0.717, 1.165) is 57.8 Å². The number of carboxylic acid groups (broad SMARTS) is 3. The Labute approximate surface area is 286 Å². The van der Waals surface area contributed by atoms with Gasteiger partial charge in [0.2, 0.25) is 0 Å². The number of carbonyl (C=O) groups excluding carboxylic acids is 3. The van der Waals surface area contributed by atoms with Crippen LogP contribution in [0, 0.1) is 34.0 Å². The molecule has 0 saturated heterocycles. The quantitative estimate of drug-likeness (QED) is 0.119. The Kier molecular flexibility index (Phi) is 30.3. The van der Waals surface area contributed by atoms with E-state index in [2.05, 4.69) is 41.5 Å². The van der Waals surface area contributed by atoms with E-state index in [1.807, 2.05) is 41.5 Å². The third-order valence-electron chi connectivity index (χ3n) is 10.7. The van der Waals surface area contributed by atoms with Crippen LogP contribution in [0.15, 0.2) is 0 Å². The minimum Gasteiger partial charge on any atom is -0.550 e. The molecule has 254 valence electrons. The van der Waals surface area contributed by atoms with Gasteiger partial charge in [0.15, 0.2) is 0 Å². The monoisotopic (exact) mass is 806 g/mol. The van der Waals surface area contributed by atoms with E-state index < -0.39 is 34.2 Å². The van der Waals surface area contributed by atoms with E-state index in [1.165, 1.54) is 0 Å². The SMILES string of the molecule is CCCC(CC)C(CC)(CC)C(=O)[O-].CCCC(CC)C(CC)(CC)C(=O)[O-].CCCC(CC)C(CC)(CC)C(=O)[O-].[Bi+3]. The molecule has 7 heteroatoms. The van der Waals surface area contributed by atoms with Crippen molar-refractivity contribution in [1.29, 1.82) is 0 Å². The Morgan fingerprint density at radius 2 is 0.581 bits per heavy atom. The van der Waals surface area contributed by atoms with Crippen molar-refractivity contribution in [2.24, 2.45) is 34.0 Å². The molecule has 3 unspecified atom stereocenters. The molecule has 0 heterocycles. The Bertz CT molecular complexity index is 615. The Balaban J connectivity index is -0.000000262. The molecule has 0 spiro atoms. The first-order valence-corrected chi connectivity index (χ1v) is 17.4. The van der Waals surface area contributed by atoms with E-state index in [9.17, 15) is 29.7 Å². The summed E-state index contributed by atoms with van der Waals surface area (Å²) in [5, 5.41) is 33.7. The van der Waals surface area contributed by atoms with Crippen LogP contribution < -0.4 is 15.3 Å². The molecule has 0 saturated carbocycles. The molecule has 0 amide bonds. The summed E-state index contributed by atoms with van der Waals surface area (Å²) in [6, 6.07) is 0. The maximum atomic E-state index is 11.2. The van der Waals surface area contributed by atoms with E-state index in [1.54, 1.807) is 0 Å². The molecule has 0 aromatic carbocycles. The molecular weight excluding hydrogens is 737 g/mol. The molecule has 0 bridgehead atoms. The van der Waals surface area contributed by atoms with E-state index in [-0.39, 0.29) is 44.0 Å². The number of carbonyl (C=O) groups is 3. The molecular formula is C36H69BiO6. The predicted octanol–water partition coefficient (Wildman–Crippen LogP) is 6.73. The summed E-state index contributed by atoms with van der Waals surface area (Å²) < 4.78 is 0. The molecule has 0 aromatic heterocycles. The molecule has 2 radical (unpaired) electrons. The van der Waals surface area contributed by atoms with Crippen molar-refractivity contribution in [3.05, 3.63) is 0 Å². The van der Waals surface area contributed by atoms with Crippen LogP contribution in [0.4, 0.5) is 0 Å². The van der Waals surface area contributed by atoms with Gasteiger partial charge in [0, 0.05) is 34.2 Å². The molecule has 0 rings (SSSR count). The number of hydrogen-bond donors (Lipinski definition) is 0. The fourth-order valence-electron chi connectivity index (χ4n) is 7.51. The zero-order chi connectivity index (χ0) is 33.6. The van der Waals surface area contributed by atoms with E-state index in [0.29, 0.717) is 38.5 Å². The van der Waals surface area contributed by atoms with E-state index in [4.69, 9.17) is 0 Å². The number of hydrogen-bond acceptors (Lipinski definition) is 6. The van der Waals surface area contributed by atoms with Gasteiger partial charge in [-0.15, -0.1) is 0 Å². The van der Waals surface area contributed by atoms with Crippen LogP contribution in [0.3, 0.4) is 0 Å². The van der Waals surface area contributed by atoms with Crippen LogP contribution in [-0.2, 0) is 14.4 Å². The van der Waals surface area contributed by atoms with Crippen LogP contribution in [0.25, 0.3) is 0 Å². The average Bonchev–Trinajstić information content (AvgIpc) is 2.98. The first-order valence-electron chi connectivity index (χ1n) is 17.4. The Morgan fingerprint density at radius 1 is 0.419 bits per heavy atom. The first-order chi connectivity index (χ1) is 19.8. The minimum atomic E-state index is -0.859. The van der Waals surface area contributed by atoms with Crippen LogP contribution in [-0.4, -0.2) is 44.1 Å². The van der Waals surface area contributed by atoms with Crippen molar-refractivity contribution >= 4 is 44.1 Å². The van der Waals surface area contributed by atoms with Crippen LogP contribution in [0.1, 0.15) is 179 Å². The molecule has 43 heavy (non-hydrogen) atoms. The summed E-state index contributed by atoms with van der Waals surface area (Å²) in [6.07, 6.45) is 13.0. The van der Waals surface area contributed by atoms with Gasteiger partial charge in [-0.1, -0.05) is 122 Å². The van der Waals surface area contributed by atoms with Crippen LogP contribution in [0.5, 0.6) is 0 Å². The van der Waals surface area contributed by atoms with Gasteiger partial charge in [-0.2, -0.15) is 0 Å². The summed E-state index contributed by atoms with van der Waals surface area (Å²) in [7, 11) is 0. The second-order valence-electron chi connectivity index (χ2n) is 12.1. The smallest absolute Gasteiger partial charge is 0.550 e. The van der Waals surface area contributed by atoms with Crippen molar-refractivity contribution in [2.45, 2.75) is 179 Å². The molecule has 0 aliphatic rings. The maximum absolute atomic E-state index is 11.2. The zero-order valence-corrected chi connectivity index (χ0v) is 33.7. The van der Waals surface area contributed by atoms with Crippen LogP contribution in [0.2, 0.25) is 0 Å². The third kappa shape index (κ3) is 13.7. The van der Waals surface area contributed by atoms with Crippen LogP contribution >= 0.6 is 0 Å². The fourth-order valence-corrected chi connectivity index (χ4v) is 7.51. The van der Waals surface area contributed by atoms with Gasteiger partial charge < -0.3 is 29.7 Å². The second-order valence-corrected chi connectivity index (χ2v) is 12.1. The van der Waals surface area contributed by atoms with Gasteiger partial charge in [-0.3, -0.25) is 0 Å². The summed E-state index contributed by atoms with van der Waals surface area (Å²) in [5.41, 5.74) is -1.78. The van der Waals surface area contributed by atoms with Gasteiger partial charge in [-0.05, 0) is 75.5 Å². The number of aliphatic carboxylic acids is 3. The molecule has 0 aromatic rings. The zero-order valence-electron chi connectivity index (χ0n) is 30.2. The Hall–Kier alpha value is -0.707. The first kappa shape index (κ1) is 49.2. The van der Waals surface area contributed by atoms with Gasteiger partial charge in [0.25, 0.3) is 0 Å². The van der Waals surface area contributed by atoms with Gasteiger partial charge >= 0.3 is 26.2 Å². The van der Waals surface area contributed by atoms with Crippen molar-refractivity contribution < 1.29 is 29.7 Å². The molecule has 0 aliphatic heterocycles. The maximum Gasteiger partial charge on any atom is 3.00 e. The van der Waals surface area contributed by atoms with Crippen molar-refractivity contribution in [3.8, 4) is 0 Å². The standard InChI is InChI=1S/3C12H24O2.Bi/c3*1-5-9-10(6-2)12(7-3,8-4)11(13)14;/h3*10H,5-9H2,1-4H3,(H,13,14);/q;;;+3/p-3. The summed E-state index contributed by atoms with van der Waals surface area (Å²) in [6.45, 7) is 24.3. The van der Waals surface area contributed by atoms with E-state index >= 15 is 0 Å². The van der Waals surface area contributed by atoms with Crippen molar-refractivity contribution in [3.63, 3.8) is 0 Å². The Morgan fingerprint density at radius 3 is 0.651 bits per heavy atom. The topological polar surface area (TPSA) is 120 Å². The van der Waals surface area contributed by atoms with Crippen molar-refractivity contribution in [1.82, 2.24) is 0 Å². The molecule has 6 nitrogen and oxygen atoms in total. The largest absolute Gasteiger partial charge is 3.00 e.